The molecular weight excluding hydrogens is 244 g/mol. The van der Waals surface area contributed by atoms with Crippen LogP contribution in [0.4, 0.5) is 8.78 Å². The highest BCUT2D eigenvalue weighted by Crippen LogP contribution is 2.28. The lowest BCUT2D eigenvalue weighted by atomic mass is 9.97. The van der Waals surface area contributed by atoms with Crippen LogP contribution in [0, 0.1) is 18.6 Å². The summed E-state index contributed by atoms with van der Waals surface area (Å²) >= 11 is 0. The Hall–Kier alpha value is -1.74. The van der Waals surface area contributed by atoms with Gasteiger partial charge in [0.15, 0.2) is 11.6 Å². The fourth-order valence-electron chi connectivity index (χ4n) is 2.04. The standard InChI is InChI=1S/C16H17F2N/c1-3-14(19)12-6-4-5-11(9-12)13-8-7-10(2)15(17)16(13)18/h4-9,14H,3,19H2,1-2H3. The quantitative estimate of drug-likeness (QED) is 0.873. The van der Waals surface area contributed by atoms with E-state index in [1.165, 1.54) is 0 Å². The molecule has 1 unspecified atom stereocenters. The highest BCUT2D eigenvalue weighted by molar-refractivity contribution is 5.65. The number of halogens is 2. The molecule has 100 valence electrons. The van der Waals surface area contributed by atoms with E-state index in [1.807, 2.05) is 25.1 Å². The van der Waals surface area contributed by atoms with Crippen LogP contribution in [0.3, 0.4) is 0 Å². The van der Waals surface area contributed by atoms with Gasteiger partial charge in [0.1, 0.15) is 0 Å². The topological polar surface area (TPSA) is 26.0 Å². The van der Waals surface area contributed by atoms with Gasteiger partial charge in [-0.2, -0.15) is 0 Å². The van der Waals surface area contributed by atoms with Crippen LogP contribution in [-0.2, 0) is 0 Å². The monoisotopic (exact) mass is 261 g/mol. The van der Waals surface area contributed by atoms with Crippen LogP contribution in [0.1, 0.15) is 30.5 Å². The molecule has 0 radical (unpaired) electrons. The summed E-state index contributed by atoms with van der Waals surface area (Å²) in [6, 6.07) is 10.4. The summed E-state index contributed by atoms with van der Waals surface area (Å²) in [7, 11) is 0. The van der Waals surface area contributed by atoms with E-state index in [9.17, 15) is 8.78 Å². The summed E-state index contributed by atoms with van der Waals surface area (Å²) in [6.07, 6.45) is 0.800. The van der Waals surface area contributed by atoms with Gasteiger partial charge < -0.3 is 5.73 Å². The number of rotatable bonds is 3. The molecule has 0 heterocycles. The first-order chi connectivity index (χ1) is 9.04. The van der Waals surface area contributed by atoms with Crippen LogP contribution in [-0.4, -0.2) is 0 Å². The van der Waals surface area contributed by atoms with Crippen molar-refractivity contribution in [2.75, 3.05) is 0 Å². The van der Waals surface area contributed by atoms with E-state index in [0.717, 1.165) is 12.0 Å². The third-order valence-corrected chi connectivity index (χ3v) is 3.34. The molecule has 1 atom stereocenters. The van der Waals surface area contributed by atoms with Crippen molar-refractivity contribution in [3.05, 3.63) is 59.2 Å². The van der Waals surface area contributed by atoms with Crippen molar-refractivity contribution >= 4 is 0 Å². The van der Waals surface area contributed by atoms with E-state index in [4.69, 9.17) is 5.73 Å². The minimum Gasteiger partial charge on any atom is -0.324 e. The van der Waals surface area contributed by atoms with Gasteiger partial charge in [0.2, 0.25) is 0 Å². The van der Waals surface area contributed by atoms with E-state index < -0.39 is 11.6 Å². The van der Waals surface area contributed by atoms with Crippen molar-refractivity contribution in [3.8, 4) is 11.1 Å². The maximum atomic E-state index is 14.0. The molecule has 0 saturated heterocycles. The normalized spacial score (nSPS) is 12.5. The molecule has 0 fully saturated rings. The lowest BCUT2D eigenvalue weighted by Crippen LogP contribution is -2.08. The second-order valence-electron chi connectivity index (χ2n) is 4.70. The average Bonchev–Trinajstić information content (AvgIpc) is 2.44. The first-order valence-electron chi connectivity index (χ1n) is 6.35. The Balaban J connectivity index is 2.51. The maximum absolute atomic E-state index is 14.0. The van der Waals surface area contributed by atoms with E-state index in [0.29, 0.717) is 11.1 Å². The van der Waals surface area contributed by atoms with Gasteiger partial charge in [-0.3, -0.25) is 0 Å². The van der Waals surface area contributed by atoms with Crippen LogP contribution in [0.2, 0.25) is 0 Å². The molecule has 0 saturated carbocycles. The van der Waals surface area contributed by atoms with Gasteiger partial charge in [-0.25, -0.2) is 8.78 Å². The zero-order valence-corrected chi connectivity index (χ0v) is 11.1. The number of nitrogens with two attached hydrogens (primary N) is 1. The van der Waals surface area contributed by atoms with Gasteiger partial charge in [0.25, 0.3) is 0 Å². The Bertz CT molecular complexity index is 593. The van der Waals surface area contributed by atoms with Crippen molar-refractivity contribution in [1.82, 2.24) is 0 Å². The maximum Gasteiger partial charge on any atom is 0.166 e. The molecule has 3 heteroatoms. The van der Waals surface area contributed by atoms with E-state index >= 15 is 0 Å². The van der Waals surface area contributed by atoms with E-state index in [2.05, 4.69) is 0 Å². The Morgan fingerprint density at radius 2 is 1.84 bits per heavy atom. The van der Waals surface area contributed by atoms with Crippen LogP contribution < -0.4 is 5.73 Å². The van der Waals surface area contributed by atoms with Crippen LogP contribution in [0.25, 0.3) is 11.1 Å². The molecule has 2 N–H and O–H groups in total. The number of hydrogen-bond acceptors (Lipinski definition) is 1. The predicted octanol–water partition coefficient (Wildman–Crippen LogP) is 4.35. The molecular formula is C16H17F2N. The second kappa shape index (κ2) is 5.49. The third kappa shape index (κ3) is 2.66. The summed E-state index contributed by atoms with van der Waals surface area (Å²) < 4.78 is 27.6. The molecule has 2 aromatic rings. The lowest BCUT2D eigenvalue weighted by molar-refractivity contribution is 0.505. The fourth-order valence-corrected chi connectivity index (χ4v) is 2.04. The second-order valence-corrected chi connectivity index (χ2v) is 4.70. The van der Waals surface area contributed by atoms with Gasteiger partial charge >= 0.3 is 0 Å². The first kappa shape index (κ1) is 13.7. The molecule has 0 bridgehead atoms. The van der Waals surface area contributed by atoms with Crippen molar-refractivity contribution in [3.63, 3.8) is 0 Å². The zero-order valence-electron chi connectivity index (χ0n) is 11.1. The Kier molecular flexibility index (Phi) is 3.96. The molecule has 2 aromatic carbocycles. The summed E-state index contributed by atoms with van der Waals surface area (Å²) in [5.74, 6) is -1.59. The van der Waals surface area contributed by atoms with Gasteiger partial charge in [0.05, 0.1) is 0 Å². The van der Waals surface area contributed by atoms with Gasteiger partial charge in [-0.1, -0.05) is 37.3 Å². The molecule has 1 nitrogen and oxygen atoms in total. The number of hydrogen-bond donors (Lipinski definition) is 1. The van der Waals surface area contributed by atoms with Gasteiger partial charge in [-0.05, 0) is 36.1 Å². The molecule has 0 aliphatic heterocycles. The highest BCUT2D eigenvalue weighted by atomic mass is 19.2. The summed E-state index contributed by atoms with van der Waals surface area (Å²) in [5, 5.41) is 0. The number of benzene rings is 2. The Labute approximate surface area is 112 Å². The molecule has 19 heavy (non-hydrogen) atoms. The first-order valence-corrected chi connectivity index (χ1v) is 6.35. The van der Waals surface area contributed by atoms with E-state index in [1.54, 1.807) is 25.1 Å². The highest BCUT2D eigenvalue weighted by Gasteiger charge is 2.13. The third-order valence-electron chi connectivity index (χ3n) is 3.34. The predicted molar refractivity (Wildman–Crippen MR) is 73.8 cm³/mol. The smallest absolute Gasteiger partial charge is 0.166 e. The summed E-state index contributed by atoms with van der Waals surface area (Å²) in [5.41, 5.74) is 8.13. The molecule has 2 rings (SSSR count). The molecule has 0 aliphatic carbocycles. The summed E-state index contributed by atoms with van der Waals surface area (Å²) in [4.78, 5) is 0. The lowest BCUT2D eigenvalue weighted by Gasteiger charge is -2.12. The Morgan fingerprint density at radius 3 is 2.53 bits per heavy atom. The van der Waals surface area contributed by atoms with Crippen molar-refractivity contribution in [1.29, 1.82) is 0 Å². The van der Waals surface area contributed by atoms with Crippen molar-refractivity contribution in [2.24, 2.45) is 5.73 Å². The average molecular weight is 261 g/mol. The number of aryl methyl sites for hydroxylation is 1. The molecule has 0 aromatic heterocycles. The van der Waals surface area contributed by atoms with Crippen molar-refractivity contribution < 1.29 is 8.78 Å². The summed E-state index contributed by atoms with van der Waals surface area (Å²) in [6.45, 7) is 3.54. The van der Waals surface area contributed by atoms with Crippen LogP contribution in [0.15, 0.2) is 36.4 Å². The molecule has 0 amide bonds. The molecule has 0 aliphatic rings. The van der Waals surface area contributed by atoms with Crippen molar-refractivity contribution in [2.45, 2.75) is 26.3 Å². The minimum atomic E-state index is -0.804. The SMILES string of the molecule is CCC(N)c1cccc(-c2ccc(C)c(F)c2F)c1. The van der Waals surface area contributed by atoms with Gasteiger partial charge in [0, 0.05) is 11.6 Å². The fraction of sp³-hybridized carbons (Fsp3) is 0.250. The minimum absolute atomic E-state index is 0.0849. The van der Waals surface area contributed by atoms with Crippen LogP contribution >= 0.6 is 0 Å². The van der Waals surface area contributed by atoms with E-state index in [-0.39, 0.29) is 11.6 Å². The Morgan fingerprint density at radius 1 is 1.11 bits per heavy atom. The zero-order chi connectivity index (χ0) is 14.0. The molecule has 0 spiro atoms. The van der Waals surface area contributed by atoms with Gasteiger partial charge in [-0.15, -0.1) is 0 Å². The van der Waals surface area contributed by atoms with Crippen LogP contribution in [0.5, 0.6) is 0 Å². The largest absolute Gasteiger partial charge is 0.324 e.